The van der Waals surface area contributed by atoms with Crippen molar-refractivity contribution in [2.75, 3.05) is 5.32 Å². The Morgan fingerprint density at radius 2 is 1.41 bits per heavy atom. The summed E-state index contributed by atoms with van der Waals surface area (Å²) in [5, 5.41) is 2.97. The van der Waals surface area contributed by atoms with Crippen LogP contribution in [-0.4, -0.2) is 37.3 Å². The smallest absolute Gasteiger partial charge is 0.250 e. The Labute approximate surface area is 265 Å². The second-order valence-electron chi connectivity index (χ2n) is 14.4. The zero-order chi connectivity index (χ0) is 32.3. The van der Waals surface area contributed by atoms with Crippen LogP contribution >= 0.6 is 0 Å². The van der Waals surface area contributed by atoms with Crippen molar-refractivity contribution < 1.29 is 14.0 Å². The normalized spacial score (nSPS) is 12.6. The minimum absolute atomic E-state index is 0.113. The summed E-state index contributed by atoms with van der Waals surface area (Å²) in [4.78, 5) is 33.4. The van der Waals surface area contributed by atoms with E-state index in [0.717, 1.165) is 34.4 Å². The van der Waals surface area contributed by atoms with Gasteiger partial charge in [-0.1, -0.05) is 89.2 Å². The zero-order valence-electron chi connectivity index (χ0n) is 27.7. The number of amides is 1. The molecule has 232 valence electrons. The van der Waals surface area contributed by atoms with E-state index >= 15 is 0 Å². The lowest BCUT2D eigenvalue weighted by Gasteiger charge is -2.36. The molecule has 0 fully saturated rings. The first-order valence-corrected chi connectivity index (χ1v) is 21.1. The van der Waals surface area contributed by atoms with Gasteiger partial charge in [-0.05, 0) is 78.1 Å². The van der Waals surface area contributed by atoms with Crippen LogP contribution in [0.4, 0.5) is 5.82 Å². The maximum atomic E-state index is 13.2. The van der Waals surface area contributed by atoms with Crippen LogP contribution in [-0.2, 0) is 17.6 Å². The number of anilines is 1. The van der Waals surface area contributed by atoms with Crippen LogP contribution in [0.25, 0.3) is 22.5 Å². The molecule has 0 spiro atoms. The highest BCUT2D eigenvalue weighted by atomic mass is 28.4. The van der Waals surface area contributed by atoms with Gasteiger partial charge in [0.25, 0.3) is 0 Å². The van der Waals surface area contributed by atoms with E-state index in [0.29, 0.717) is 17.2 Å². The summed E-state index contributed by atoms with van der Waals surface area (Å²) in [6, 6.07) is 25.9. The predicted octanol–water partition coefficient (Wildman–Crippen LogP) is 8.90. The van der Waals surface area contributed by atoms with Crippen molar-refractivity contribution in [3.63, 3.8) is 0 Å². The number of aromatic nitrogens is 2. The minimum atomic E-state index is -2.31. The summed E-state index contributed by atoms with van der Waals surface area (Å²) in [6.45, 7) is 19.4. The van der Waals surface area contributed by atoms with Gasteiger partial charge in [0.2, 0.25) is 14.2 Å². The van der Waals surface area contributed by atoms with E-state index in [-0.39, 0.29) is 22.4 Å². The van der Waals surface area contributed by atoms with E-state index in [9.17, 15) is 9.59 Å². The Hall–Kier alpha value is -3.60. The first-order chi connectivity index (χ1) is 20.4. The van der Waals surface area contributed by atoms with Gasteiger partial charge in [-0.3, -0.25) is 4.79 Å². The predicted molar refractivity (Wildman–Crippen MR) is 187 cm³/mol. The van der Waals surface area contributed by atoms with Gasteiger partial charge in [-0.25, -0.2) is 9.97 Å². The first-order valence-electron chi connectivity index (χ1n) is 15.3. The molecule has 0 unspecified atom stereocenters. The van der Waals surface area contributed by atoms with Gasteiger partial charge in [0.1, 0.15) is 11.4 Å². The fourth-order valence-electron chi connectivity index (χ4n) is 4.42. The van der Waals surface area contributed by atoms with E-state index in [2.05, 4.69) is 70.1 Å². The Bertz CT molecular complexity index is 1570. The number of nitrogens with one attached hydrogen (secondary N) is 1. The summed E-state index contributed by atoms with van der Waals surface area (Å²) in [6.07, 6.45) is 2.72. The van der Waals surface area contributed by atoms with Crippen LogP contribution in [0, 0.1) is 0 Å². The lowest BCUT2D eigenvalue weighted by molar-refractivity contribution is -0.115. The van der Waals surface area contributed by atoms with E-state index in [1.165, 1.54) is 0 Å². The molecule has 44 heavy (non-hydrogen) atoms. The van der Waals surface area contributed by atoms with Crippen LogP contribution in [0.1, 0.15) is 45.7 Å². The first kappa shape index (κ1) is 33.3. The van der Waals surface area contributed by atoms with E-state index in [1.807, 2.05) is 79.8 Å². The summed E-state index contributed by atoms with van der Waals surface area (Å²) >= 11 is 0. The molecular weight excluding hydrogens is 579 g/mol. The van der Waals surface area contributed by atoms with Crippen molar-refractivity contribution in [2.45, 2.75) is 83.7 Å². The second-order valence-corrected chi connectivity index (χ2v) is 23.6. The molecular formula is C36H47N3O3Si2. The average Bonchev–Trinajstić information content (AvgIpc) is 2.94. The molecule has 0 atom stereocenters. The molecule has 0 aliphatic heterocycles. The number of hydrogen-bond donors (Lipinski definition) is 2. The third kappa shape index (κ3) is 8.11. The maximum absolute atomic E-state index is 13.2. The van der Waals surface area contributed by atoms with Gasteiger partial charge in [0.15, 0.2) is 14.1 Å². The number of nitrogens with zero attached hydrogens (tertiary/aromatic N) is 2. The third-order valence-corrected chi connectivity index (χ3v) is 16.9. The summed E-state index contributed by atoms with van der Waals surface area (Å²) < 4.78 is 6.45. The highest BCUT2D eigenvalue weighted by Gasteiger charge is 2.39. The minimum Gasteiger partial charge on any atom is -0.544 e. The molecule has 4 rings (SSSR count). The summed E-state index contributed by atoms with van der Waals surface area (Å²) in [7, 11) is -4.25. The van der Waals surface area contributed by atoms with Crippen molar-refractivity contribution in [1.82, 2.24) is 9.97 Å². The Balaban J connectivity index is 1.52. The average molecular weight is 626 g/mol. The molecule has 1 amide bonds. The van der Waals surface area contributed by atoms with Crippen LogP contribution in [0.3, 0.4) is 0 Å². The fraction of sp³-hybridized carbons (Fsp3) is 0.361. The molecule has 2 N–H and O–H groups in total. The van der Waals surface area contributed by atoms with Gasteiger partial charge >= 0.3 is 0 Å². The lowest BCUT2D eigenvalue weighted by Crippen LogP contribution is -2.43. The highest BCUT2D eigenvalue weighted by molar-refractivity contribution is 6.74. The Kier molecular flexibility index (Phi) is 9.68. The largest absolute Gasteiger partial charge is 0.544 e. The van der Waals surface area contributed by atoms with Crippen molar-refractivity contribution >= 4 is 28.4 Å². The van der Waals surface area contributed by atoms with Crippen molar-refractivity contribution in [2.24, 2.45) is 0 Å². The Morgan fingerprint density at radius 3 is 1.98 bits per heavy atom. The fourth-order valence-corrected chi connectivity index (χ4v) is 6.09. The molecule has 0 aliphatic rings. The van der Waals surface area contributed by atoms with Crippen molar-refractivity contribution in [3.8, 4) is 28.3 Å². The number of carbonyl (C=O) groups is 1. The standard InChI is InChI=1S/C36H47N3O3Si2/c1-35(2,3)44(8,9)42-30-21-19-28(20-22-30)31-25-37-34(33(38-31)29-13-11-10-12-14-29)39-32(40)23-26-15-17-27(18-16-26)24-36(4,5)43(6,7)41/h10-22,25,41H,23-24H2,1-9H3,(H,37,39,40). The van der Waals surface area contributed by atoms with Gasteiger partial charge in [-0.15, -0.1) is 0 Å². The van der Waals surface area contributed by atoms with Crippen LogP contribution < -0.4 is 9.74 Å². The Morgan fingerprint density at radius 1 is 0.818 bits per heavy atom. The zero-order valence-corrected chi connectivity index (χ0v) is 29.7. The molecule has 3 aromatic carbocycles. The molecule has 1 aromatic heterocycles. The number of hydrogen-bond acceptors (Lipinski definition) is 5. The van der Waals surface area contributed by atoms with E-state index in [4.69, 9.17) is 9.41 Å². The van der Waals surface area contributed by atoms with Gasteiger partial charge < -0.3 is 14.5 Å². The number of carbonyl (C=O) groups excluding carboxylic acids is 1. The molecule has 1 heterocycles. The number of rotatable bonds is 10. The SMILES string of the molecule is CC(C)(Cc1ccc(CC(=O)Nc2ncc(-c3ccc(O[Si](C)(C)C(C)(C)C)cc3)nc2-c2ccccc2)cc1)[Si](C)(C)O. The summed E-state index contributed by atoms with van der Waals surface area (Å²) in [5.41, 5.74) is 5.19. The van der Waals surface area contributed by atoms with Gasteiger partial charge in [-0.2, -0.15) is 0 Å². The molecule has 6 nitrogen and oxygen atoms in total. The lowest BCUT2D eigenvalue weighted by atomic mass is 10.00. The molecule has 4 aromatic rings. The van der Waals surface area contributed by atoms with Crippen LogP contribution in [0.2, 0.25) is 36.3 Å². The molecule has 0 saturated heterocycles. The van der Waals surface area contributed by atoms with Gasteiger partial charge in [0.05, 0.1) is 18.3 Å². The van der Waals surface area contributed by atoms with Crippen LogP contribution in [0.15, 0.2) is 85.1 Å². The van der Waals surface area contributed by atoms with E-state index in [1.54, 1.807) is 6.20 Å². The highest BCUT2D eigenvalue weighted by Crippen LogP contribution is 2.39. The summed E-state index contributed by atoms with van der Waals surface area (Å²) in [5.74, 6) is 1.13. The van der Waals surface area contributed by atoms with Gasteiger partial charge in [0, 0.05) is 11.1 Å². The van der Waals surface area contributed by atoms with Crippen molar-refractivity contribution in [3.05, 3.63) is 96.2 Å². The van der Waals surface area contributed by atoms with Crippen molar-refractivity contribution in [1.29, 1.82) is 0 Å². The maximum Gasteiger partial charge on any atom is 0.250 e. The molecule has 0 saturated carbocycles. The topological polar surface area (TPSA) is 84.3 Å². The molecule has 0 aliphatic carbocycles. The molecule has 8 heteroatoms. The van der Waals surface area contributed by atoms with Crippen LogP contribution in [0.5, 0.6) is 5.75 Å². The number of benzene rings is 3. The monoisotopic (exact) mass is 625 g/mol. The third-order valence-electron chi connectivity index (χ3n) is 9.10. The second kappa shape index (κ2) is 12.8. The molecule has 0 bridgehead atoms. The molecule has 0 radical (unpaired) electrons. The quantitative estimate of drug-likeness (QED) is 0.172. The van der Waals surface area contributed by atoms with E-state index < -0.39 is 16.6 Å².